The molecule has 0 saturated carbocycles. The maximum atomic E-state index is 10.9. The molecule has 1 N–H and O–H groups in total. The van der Waals surface area contributed by atoms with Crippen molar-refractivity contribution < 1.29 is 9.84 Å². The molecule has 0 spiro atoms. The first-order chi connectivity index (χ1) is 17.5. The van der Waals surface area contributed by atoms with Gasteiger partial charge < -0.3 is 9.84 Å². The molecule has 3 aromatic carbocycles. The smallest absolute Gasteiger partial charge is 0.164 e. The Bertz CT molecular complexity index is 1200. The minimum Gasteiger partial charge on any atom is -0.507 e. The zero-order chi connectivity index (χ0) is 25.3. The highest BCUT2D eigenvalue weighted by molar-refractivity contribution is 5.74. The number of hydrogen-bond donors (Lipinski definition) is 1. The van der Waals surface area contributed by atoms with E-state index >= 15 is 0 Å². The fraction of sp³-hybridized carbons (Fsp3) is 0.312. The monoisotopic (exact) mass is 480 g/mol. The topological polar surface area (TPSA) is 55.2 Å². The lowest BCUT2D eigenvalue weighted by atomic mass is 10.0. The van der Waals surface area contributed by atoms with Gasteiger partial charge in [-0.1, -0.05) is 98.7 Å². The molecule has 4 nitrogen and oxygen atoms in total. The summed E-state index contributed by atoms with van der Waals surface area (Å²) in [6.07, 6.45) is 7.29. The number of phenols is 1. The molecule has 0 saturated heterocycles. The maximum Gasteiger partial charge on any atom is 0.164 e. The number of benzene rings is 3. The molecule has 0 amide bonds. The van der Waals surface area contributed by atoms with Crippen molar-refractivity contribution in [3.05, 3.63) is 83.9 Å². The molecule has 0 aliphatic rings. The number of hydrogen-bond acceptors (Lipinski definition) is 4. The summed E-state index contributed by atoms with van der Waals surface area (Å²) < 4.78 is 5.89. The number of aromatic nitrogens is 2. The fourth-order valence-electron chi connectivity index (χ4n) is 4.17. The second-order valence-electron chi connectivity index (χ2n) is 9.49. The van der Waals surface area contributed by atoms with Gasteiger partial charge in [-0.25, -0.2) is 9.97 Å². The molecular formula is C32H36N2O2. The van der Waals surface area contributed by atoms with Crippen molar-refractivity contribution >= 4 is 0 Å². The van der Waals surface area contributed by atoms with E-state index in [1.807, 2.05) is 18.2 Å². The van der Waals surface area contributed by atoms with E-state index < -0.39 is 0 Å². The van der Waals surface area contributed by atoms with Gasteiger partial charge in [0.1, 0.15) is 11.5 Å². The molecule has 36 heavy (non-hydrogen) atoms. The summed E-state index contributed by atoms with van der Waals surface area (Å²) in [5, 5.41) is 10.9. The Labute approximate surface area is 215 Å². The predicted octanol–water partition coefficient (Wildman–Crippen LogP) is 8.54. The van der Waals surface area contributed by atoms with Crippen LogP contribution in [-0.2, 0) is 0 Å². The van der Waals surface area contributed by atoms with Gasteiger partial charge in [-0.2, -0.15) is 0 Å². The SMILES string of the molecule is CCCCCCCCOc1ccc(-c2nc(-c3ccc(C)cc3)cc(-c3ccc(C)cc3)n2)c(O)c1. The quantitative estimate of drug-likeness (QED) is 0.219. The molecule has 0 radical (unpaired) electrons. The van der Waals surface area contributed by atoms with Gasteiger partial charge in [-0.15, -0.1) is 0 Å². The van der Waals surface area contributed by atoms with Crippen LogP contribution in [0.5, 0.6) is 11.5 Å². The van der Waals surface area contributed by atoms with Crippen LogP contribution in [0.25, 0.3) is 33.9 Å². The first-order valence-corrected chi connectivity index (χ1v) is 13.0. The minimum atomic E-state index is 0.117. The standard InChI is InChI=1S/C32H36N2O2/c1-4-5-6-7-8-9-20-36-27-18-19-28(31(35)21-27)32-33-29(25-14-10-23(2)11-15-25)22-30(34-32)26-16-12-24(3)13-17-26/h10-19,21-22,35H,4-9,20H2,1-3H3. The van der Waals surface area contributed by atoms with E-state index in [1.54, 1.807) is 6.07 Å². The molecule has 0 aliphatic carbocycles. The highest BCUT2D eigenvalue weighted by Crippen LogP contribution is 2.34. The van der Waals surface area contributed by atoms with Crippen LogP contribution in [0.2, 0.25) is 0 Å². The number of nitrogens with zero attached hydrogens (tertiary/aromatic N) is 2. The molecule has 0 unspecified atom stereocenters. The number of phenolic OH excluding ortho intramolecular Hbond substituents is 1. The van der Waals surface area contributed by atoms with Gasteiger partial charge >= 0.3 is 0 Å². The summed E-state index contributed by atoms with van der Waals surface area (Å²) in [5.74, 6) is 1.27. The van der Waals surface area contributed by atoms with Crippen LogP contribution < -0.4 is 4.74 Å². The van der Waals surface area contributed by atoms with E-state index in [9.17, 15) is 5.11 Å². The van der Waals surface area contributed by atoms with Crippen molar-refractivity contribution in [3.63, 3.8) is 0 Å². The van der Waals surface area contributed by atoms with Crippen LogP contribution in [0.1, 0.15) is 56.6 Å². The van der Waals surface area contributed by atoms with Gasteiger partial charge in [-0.3, -0.25) is 0 Å². The Morgan fingerprint density at radius 1 is 0.667 bits per heavy atom. The summed E-state index contributed by atoms with van der Waals surface area (Å²) >= 11 is 0. The van der Waals surface area contributed by atoms with Gasteiger partial charge in [0.05, 0.1) is 23.6 Å². The average molecular weight is 481 g/mol. The van der Waals surface area contributed by atoms with Gasteiger partial charge in [0.2, 0.25) is 0 Å². The largest absolute Gasteiger partial charge is 0.507 e. The van der Waals surface area contributed by atoms with Gasteiger partial charge in [0, 0.05) is 17.2 Å². The molecular weight excluding hydrogens is 444 g/mol. The van der Waals surface area contributed by atoms with E-state index in [1.165, 1.54) is 43.2 Å². The number of ether oxygens (including phenoxy) is 1. The zero-order valence-electron chi connectivity index (χ0n) is 21.6. The summed E-state index contributed by atoms with van der Waals surface area (Å²) in [6.45, 7) is 7.02. The highest BCUT2D eigenvalue weighted by atomic mass is 16.5. The first-order valence-electron chi connectivity index (χ1n) is 13.0. The summed E-state index contributed by atoms with van der Waals surface area (Å²) in [6, 6.07) is 24.0. The maximum absolute atomic E-state index is 10.9. The zero-order valence-corrected chi connectivity index (χ0v) is 21.6. The molecule has 0 aliphatic heterocycles. The second-order valence-corrected chi connectivity index (χ2v) is 9.49. The van der Waals surface area contributed by atoms with Crippen LogP contribution in [0, 0.1) is 13.8 Å². The Balaban J connectivity index is 1.59. The highest BCUT2D eigenvalue weighted by Gasteiger charge is 2.14. The van der Waals surface area contributed by atoms with Crippen LogP contribution >= 0.6 is 0 Å². The van der Waals surface area contributed by atoms with Crippen LogP contribution in [0.3, 0.4) is 0 Å². The van der Waals surface area contributed by atoms with Crippen molar-refractivity contribution in [1.29, 1.82) is 0 Å². The van der Waals surface area contributed by atoms with E-state index in [0.29, 0.717) is 23.7 Å². The Hall–Kier alpha value is -3.66. The average Bonchev–Trinajstić information content (AvgIpc) is 2.89. The molecule has 0 fully saturated rings. The van der Waals surface area contributed by atoms with Gasteiger partial charge in [-0.05, 0) is 38.5 Å². The lowest BCUT2D eigenvalue weighted by Gasteiger charge is -2.12. The van der Waals surface area contributed by atoms with Gasteiger partial charge in [0.15, 0.2) is 5.82 Å². The van der Waals surface area contributed by atoms with Crippen LogP contribution in [0.15, 0.2) is 72.8 Å². The summed E-state index contributed by atoms with van der Waals surface area (Å²) in [5.41, 5.74) is 6.63. The van der Waals surface area contributed by atoms with E-state index in [-0.39, 0.29) is 5.75 Å². The van der Waals surface area contributed by atoms with Crippen LogP contribution in [-0.4, -0.2) is 21.7 Å². The molecule has 4 aromatic rings. The van der Waals surface area contributed by atoms with E-state index in [0.717, 1.165) is 28.9 Å². The third-order valence-electron chi connectivity index (χ3n) is 6.40. The summed E-state index contributed by atoms with van der Waals surface area (Å²) in [7, 11) is 0. The Morgan fingerprint density at radius 2 is 1.22 bits per heavy atom. The van der Waals surface area contributed by atoms with Crippen molar-refractivity contribution in [2.24, 2.45) is 0 Å². The number of unbranched alkanes of at least 4 members (excludes halogenated alkanes) is 5. The van der Waals surface area contributed by atoms with Crippen molar-refractivity contribution in [2.75, 3.05) is 6.61 Å². The molecule has 4 rings (SSSR count). The lowest BCUT2D eigenvalue weighted by Crippen LogP contribution is -1.99. The number of aromatic hydroxyl groups is 1. The predicted molar refractivity (Wildman–Crippen MR) is 148 cm³/mol. The first kappa shape index (κ1) is 25.4. The van der Waals surface area contributed by atoms with Crippen LogP contribution in [0.4, 0.5) is 0 Å². The molecule has 0 atom stereocenters. The van der Waals surface area contributed by atoms with Gasteiger partial charge in [0.25, 0.3) is 0 Å². The molecule has 1 heterocycles. The normalized spacial score (nSPS) is 11.0. The molecule has 1 aromatic heterocycles. The van der Waals surface area contributed by atoms with E-state index in [4.69, 9.17) is 14.7 Å². The Kier molecular flexibility index (Phi) is 8.72. The minimum absolute atomic E-state index is 0.117. The number of rotatable bonds is 11. The Morgan fingerprint density at radius 3 is 1.78 bits per heavy atom. The molecule has 186 valence electrons. The molecule has 4 heteroatoms. The fourth-order valence-corrected chi connectivity index (χ4v) is 4.17. The summed E-state index contributed by atoms with van der Waals surface area (Å²) in [4.78, 5) is 9.67. The molecule has 0 bridgehead atoms. The third-order valence-corrected chi connectivity index (χ3v) is 6.40. The van der Waals surface area contributed by atoms with Crippen molar-refractivity contribution in [2.45, 2.75) is 59.3 Å². The van der Waals surface area contributed by atoms with E-state index in [2.05, 4.69) is 69.3 Å². The van der Waals surface area contributed by atoms with Crippen molar-refractivity contribution in [1.82, 2.24) is 9.97 Å². The lowest BCUT2D eigenvalue weighted by molar-refractivity contribution is 0.303. The third kappa shape index (κ3) is 6.72. The number of aryl methyl sites for hydroxylation is 2. The van der Waals surface area contributed by atoms with Crippen molar-refractivity contribution in [3.8, 4) is 45.4 Å². The second kappa shape index (κ2) is 12.3.